The molecule has 0 aliphatic rings. The minimum Gasteiger partial charge on any atom is -0.467 e. The summed E-state index contributed by atoms with van der Waals surface area (Å²) in [5.41, 5.74) is 1.86. The van der Waals surface area contributed by atoms with E-state index in [0.717, 1.165) is 17.0 Å². The van der Waals surface area contributed by atoms with Crippen LogP contribution in [0.2, 0.25) is 0 Å². The van der Waals surface area contributed by atoms with E-state index in [9.17, 15) is 0 Å². The second-order valence-corrected chi connectivity index (χ2v) is 4.21. The smallest absolute Gasteiger partial charge is 0.247 e. The molecule has 0 spiro atoms. The summed E-state index contributed by atoms with van der Waals surface area (Å²) in [5, 5.41) is 10.9. The average Bonchev–Trinajstić information content (AvgIpc) is 3.13. The van der Waals surface area contributed by atoms with Crippen LogP contribution in [0.3, 0.4) is 0 Å². The second kappa shape index (κ2) is 4.97. The standard InChI is InChI=1S/C14H13N3O2/c1-10(13-6-3-7-18-13)16-12-5-2-4-11(8-12)14-17-15-9-19-14/h2-10,16H,1H3. The van der Waals surface area contributed by atoms with Gasteiger partial charge in [-0.2, -0.15) is 0 Å². The van der Waals surface area contributed by atoms with Gasteiger partial charge in [0.05, 0.1) is 12.3 Å². The highest BCUT2D eigenvalue weighted by atomic mass is 16.4. The van der Waals surface area contributed by atoms with E-state index < -0.39 is 0 Å². The van der Waals surface area contributed by atoms with Gasteiger partial charge in [-0.15, -0.1) is 10.2 Å². The Morgan fingerprint density at radius 2 is 2.11 bits per heavy atom. The SMILES string of the molecule is CC(Nc1cccc(-c2nnco2)c1)c1ccco1. The number of benzene rings is 1. The van der Waals surface area contributed by atoms with Gasteiger partial charge in [-0.1, -0.05) is 6.07 Å². The molecule has 0 radical (unpaired) electrons. The van der Waals surface area contributed by atoms with Crippen LogP contribution in [-0.2, 0) is 0 Å². The first-order chi connectivity index (χ1) is 9.33. The maximum absolute atomic E-state index is 5.37. The molecule has 3 aromatic rings. The molecule has 5 heteroatoms. The Morgan fingerprint density at radius 3 is 2.84 bits per heavy atom. The van der Waals surface area contributed by atoms with Gasteiger partial charge in [0, 0.05) is 11.3 Å². The van der Waals surface area contributed by atoms with Gasteiger partial charge in [0.15, 0.2) is 0 Å². The molecule has 1 N–H and O–H groups in total. The Kier molecular flexibility index (Phi) is 3.02. The van der Waals surface area contributed by atoms with E-state index in [1.807, 2.05) is 43.3 Å². The third kappa shape index (κ3) is 2.49. The highest BCUT2D eigenvalue weighted by Crippen LogP contribution is 2.24. The van der Waals surface area contributed by atoms with Crippen molar-refractivity contribution < 1.29 is 8.83 Å². The van der Waals surface area contributed by atoms with Gasteiger partial charge in [-0.25, -0.2) is 0 Å². The van der Waals surface area contributed by atoms with Crippen molar-refractivity contribution in [2.75, 3.05) is 5.32 Å². The monoisotopic (exact) mass is 255 g/mol. The lowest BCUT2D eigenvalue weighted by Crippen LogP contribution is -2.05. The summed E-state index contributed by atoms with van der Waals surface area (Å²) in [6.45, 7) is 2.04. The number of rotatable bonds is 4. The molecule has 0 aliphatic carbocycles. The predicted octanol–water partition coefficient (Wildman–Crippen LogP) is 3.50. The first-order valence-corrected chi connectivity index (χ1v) is 5.99. The van der Waals surface area contributed by atoms with Crippen LogP contribution in [0.15, 0.2) is 57.9 Å². The van der Waals surface area contributed by atoms with E-state index in [2.05, 4.69) is 15.5 Å². The maximum atomic E-state index is 5.37. The van der Waals surface area contributed by atoms with E-state index in [1.54, 1.807) is 6.26 Å². The molecular formula is C14H13N3O2. The minimum absolute atomic E-state index is 0.0907. The van der Waals surface area contributed by atoms with Crippen LogP contribution >= 0.6 is 0 Å². The summed E-state index contributed by atoms with van der Waals surface area (Å²) in [4.78, 5) is 0. The van der Waals surface area contributed by atoms with Crippen LogP contribution in [0.25, 0.3) is 11.5 Å². The van der Waals surface area contributed by atoms with Gasteiger partial charge in [0.1, 0.15) is 5.76 Å². The number of hydrogen-bond acceptors (Lipinski definition) is 5. The highest BCUT2D eigenvalue weighted by Gasteiger charge is 2.09. The summed E-state index contributed by atoms with van der Waals surface area (Å²) in [7, 11) is 0. The summed E-state index contributed by atoms with van der Waals surface area (Å²) in [6, 6.07) is 11.7. The van der Waals surface area contributed by atoms with Gasteiger partial charge in [0.25, 0.3) is 0 Å². The van der Waals surface area contributed by atoms with Crippen LogP contribution in [0.1, 0.15) is 18.7 Å². The molecule has 0 bridgehead atoms. The fraction of sp³-hybridized carbons (Fsp3) is 0.143. The molecule has 3 rings (SSSR count). The van der Waals surface area contributed by atoms with Crippen LogP contribution < -0.4 is 5.32 Å². The lowest BCUT2D eigenvalue weighted by atomic mass is 10.1. The van der Waals surface area contributed by atoms with E-state index in [-0.39, 0.29) is 6.04 Å². The fourth-order valence-corrected chi connectivity index (χ4v) is 1.90. The average molecular weight is 255 g/mol. The molecule has 2 heterocycles. The summed E-state index contributed by atoms with van der Waals surface area (Å²) >= 11 is 0. The summed E-state index contributed by atoms with van der Waals surface area (Å²) < 4.78 is 10.5. The highest BCUT2D eigenvalue weighted by molar-refractivity contribution is 5.61. The zero-order valence-electron chi connectivity index (χ0n) is 10.4. The van der Waals surface area contributed by atoms with E-state index in [1.165, 1.54) is 6.39 Å². The quantitative estimate of drug-likeness (QED) is 0.772. The lowest BCUT2D eigenvalue weighted by Gasteiger charge is -2.13. The van der Waals surface area contributed by atoms with Crippen molar-refractivity contribution in [3.05, 3.63) is 54.8 Å². The van der Waals surface area contributed by atoms with E-state index in [0.29, 0.717) is 5.89 Å². The molecule has 19 heavy (non-hydrogen) atoms. The molecule has 1 unspecified atom stereocenters. The fourth-order valence-electron chi connectivity index (χ4n) is 1.90. The van der Waals surface area contributed by atoms with E-state index >= 15 is 0 Å². The van der Waals surface area contributed by atoms with Crippen LogP contribution in [0, 0.1) is 0 Å². The lowest BCUT2D eigenvalue weighted by molar-refractivity contribution is 0.490. The first kappa shape index (κ1) is 11.5. The number of furan rings is 1. The van der Waals surface area contributed by atoms with Gasteiger partial charge in [0.2, 0.25) is 12.3 Å². The molecule has 96 valence electrons. The Bertz CT molecular complexity index is 633. The molecule has 2 aromatic heterocycles. The zero-order chi connectivity index (χ0) is 13.1. The number of hydrogen-bond donors (Lipinski definition) is 1. The van der Waals surface area contributed by atoms with Crippen molar-refractivity contribution in [2.24, 2.45) is 0 Å². The van der Waals surface area contributed by atoms with Crippen molar-refractivity contribution in [3.8, 4) is 11.5 Å². The van der Waals surface area contributed by atoms with Gasteiger partial charge in [-0.3, -0.25) is 0 Å². The molecule has 0 amide bonds. The Labute approximate surface area is 110 Å². The molecule has 0 aliphatic heterocycles. The van der Waals surface area contributed by atoms with Gasteiger partial charge in [-0.05, 0) is 37.3 Å². The second-order valence-electron chi connectivity index (χ2n) is 4.21. The molecule has 1 atom stereocenters. The Hall–Kier alpha value is -2.56. The van der Waals surface area contributed by atoms with Crippen molar-refractivity contribution >= 4 is 5.69 Å². The molecule has 1 aromatic carbocycles. The molecule has 0 fully saturated rings. The van der Waals surface area contributed by atoms with Crippen molar-refractivity contribution in [1.82, 2.24) is 10.2 Å². The summed E-state index contributed by atoms with van der Waals surface area (Å²) in [5.74, 6) is 1.40. The van der Waals surface area contributed by atoms with Crippen molar-refractivity contribution in [2.45, 2.75) is 13.0 Å². The van der Waals surface area contributed by atoms with Crippen LogP contribution in [-0.4, -0.2) is 10.2 Å². The normalized spacial score (nSPS) is 12.3. The van der Waals surface area contributed by atoms with Crippen molar-refractivity contribution in [1.29, 1.82) is 0 Å². The number of nitrogens with one attached hydrogen (secondary N) is 1. The number of aromatic nitrogens is 2. The number of nitrogens with zero attached hydrogens (tertiary/aromatic N) is 2. The molecule has 5 nitrogen and oxygen atoms in total. The minimum atomic E-state index is 0.0907. The topological polar surface area (TPSA) is 64.1 Å². The summed E-state index contributed by atoms with van der Waals surface area (Å²) in [6.07, 6.45) is 2.99. The molecule has 0 saturated heterocycles. The number of anilines is 1. The third-order valence-electron chi connectivity index (χ3n) is 2.82. The largest absolute Gasteiger partial charge is 0.467 e. The van der Waals surface area contributed by atoms with Gasteiger partial charge < -0.3 is 14.2 Å². The first-order valence-electron chi connectivity index (χ1n) is 5.99. The Morgan fingerprint density at radius 1 is 1.16 bits per heavy atom. The van der Waals surface area contributed by atoms with Gasteiger partial charge >= 0.3 is 0 Å². The molecular weight excluding hydrogens is 242 g/mol. The van der Waals surface area contributed by atoms with Crippen molar-refractivity contribution in [3.63, 3.8) is 0 Å². The Balaban J connectivity index is 1.80. The molecule has 0 saturated carbocycles. The third-order valence-corrected chi connectivity index (χ3v) is 2.82. The maximum Gasteiger partial charge on any atom is 0.247 e. The van der Waals surface area contributed by atoms with Crippen LogP contribution in [0.4, 0.5) is 5.69 Å². The zero-order valence-corrected chi connectivity index (χ0v) is 10.4. The van der Waals surface area contributed by atoms with Crippen LogP contribution in [0.5, 0.6) is 0 Å². The van der Waals surface area contributed by atoms with E-state index in [4.69, 9.17) is 8.83 Å². The predicted molar refractivity (Wildman–Crippen MR) is 70.5 cm³/mol.